The van der Waals surface area contributed by atoms with Crippen molar-refractivity contribution in [3.8, 4) is 11.1 Å². The Balaban J connectivity index is 1.68. The number of sulfonamides is 1. The summed E-state index contributed by atoms with van der Waals surface area (Å²) in [7, 11) is -3.92. The van der Waals surface area contributed by atoms with E-state index in [9.17, 15) is 18.0 Å². The van der Waals surface area contributed by atoms with E-state index in [4.69, 9.17) is 16.3 Å². The van der Waals surface area contributed by atoms with Gasteiger partial charge in [0.1, 0.15) is 5.84 Å². The first-order valence-corrected chi connectivity index (χ1v) is 11.9. The summed E-state index contributed by atoms with van der Waals surface area (Å²) in [5.41, 5.74) is 9.21. The number of nitrogen functional groups attached to an aromatic ring is 1. The van der Waals surface area contributed by atoms with Crippen molar-refractivity contribution in [2.45, 2.75) is 18.2 Å². The number of carbonyl (C=O) groups is 2. The average molecular weight is 475 g/mol. The first-order chi connectivity index (χ1) is 16.1. The van der Waals surface area contributed by atoms with E-state index in [2.05, 4.69) is 0 Å². The number of hydrogen-bond donors (Lipinski definition) is 3. The van der Waals surface area contributed by atoms with Crippen LogP contribution in [-0.4, -0.2) is 26.1 Å². The lowest BCUT2D eigenvalue weighted by Crippen LogP contribution is -2.29. The molecule has 4 rings (SSSR count). The number of allylic oxidation sites excluding steroid dienone is 1. The molecule has 0 spiro atoms. The molecule has 8 nitrogen and oxygen atoms in total. The number of nitrogens with two attached hydrogens (primary N) is 2. The second kappa shape index (κ2) is 8.69. The number of nitrogens with one attached hydrogen (secondary N) is 1. The van der Waals surface area contributed by atoms with Crippen LogP contribution < -0.4 is 15.8 Å². The fourth-order valence-corrected chi connectivity index (χ4v) is 4.71. The number of rotatable bonds is 5. The molecule has 0 atom stereocenters. The number of amidine groups is 1. The van der Waals surface area contributed by atoms with Crippen LogP contribution >= 0.6 is 0 Å². The van der Waals surface area contributed by atoms with Gasteiger partial charge in [0, 0.05) is 16.7 Å². The van der Waals surface area contributed by atoms with E-state index in [-0.39, 0.29) is 23.1 Å². The first-order valence-electron chi connectivity index (χ1n) is 10.3. The summed E-state index contributed by atoms with van der Waals surface area (Å²) in [4.78, 5) is 27.0. The first kappa shape index (κ1) is 23.1. The Hall–Kier alpha value is -4.08. The molecule has 34 heavy (non-hydrogen) atoms. The summed E-state index contributed by atoms with van der Waals surface area (Å²) in [6, 6.07) is 19.8. The van der Waals surface area contributed by atoms with Crippen LogP contribution in [0.25, 0.3) is 16.7 Å². The summed E-state index contributed by atoms with van der Waals surface area (Å²) in [6.45, 7) is 1.76. The van der Waals surface area contributed by atoms with E-state index < -0.39 is 15.9 Å². The minimum Gasteiger partial charge on any atom is -0.384 e. The number of amides is 2. The van der Waals surface area contributed by atoms with Crippen molar-refractivity contribution in [2.75, 3.05) is 4.90 Å². The van der Waals surface area contributed by atoms with Crippen LogP contribution in [-0.2, 0) is 19.6 Å². The Bertz CT molecular complexity index is 1470. The van der Waals surface area contributed by atoms with Crippen LogP contribution in [0.15, 0.2) is 83.3 Å². The number of anilines is 1. The van der Waals surface area contributed by atoms with Gasteiger partial charge < -0.3 is 5.73 Å². The molecule has 9 heteroatoms. The molecule has 1 saturated heterocycles. The molecule has 1 heterocycles. The molecule has 1 aliphatic heterocycles. The minimum absolute atomic E-state index is 0.00953. The molecule has 172 valence electrons. The van der Waals surface area contributed by atoms with Crippen molar-refractivity contribution in [2.24, 2.45) is 10.9 Å². The number of primary sulfonamides is 1. The molecule has 2 amide bonds. The zero-order valence-electron chi connectivity index (χ0n) is 18.3. The third-order valence-electron chi connectivity index (χ3n) is 5.73. The molecule has 3 aromatic carbocycles. The number of hydrogen-bond acceptors (Lipinski definition) is 5. The van der Waals surface area contributed by atoms with E-state index in [1.165, 1.54) is 6.07 Å². The van der Waals surface area contributed by atoms with E-state index in [1.54, 1.807) is 73.7 Å². The van der Waals surface area contributed by atoms with Gasteiger partial charge in [-0.1, -0.05) is 48.5 Å². The normalized spacial score (nSPS) is 15.5. The van der Waals surface area contributed by atoms with Gasteiger partial charge in [0.25, 0.3) is 5.91 Å². The maximum atomic E-state index is 13.2. The maximum absolute atomic E-state index is 13.2. The third-order valence-corrected chi connectivity index (χ3v) is 6.70. The predicted molar refractivity (Wildman–Crippen MR) is 130 cm³/mol. The number of benzene rings is 3. The summed E-state index contributed by atoms with van der Waals surface area (Å²) in [6.07, 6.45) is -0.0506. The predicted octanol–water partition coefficient (Wildman–Crippen LogP) is 3.02. The van der Waals surface area contributed by atoms with Gasteiger partial charge in [-0.05, 0) is 47.9 Å². The molecule has 0 saturated carbocycles. The van der Waals surface area contributed by atoms with Crippen molar-refractivity contribution in [1.29, 1.82) is 5.41 Å². The van der Waals surface area contributed by atoms with Crippen LogP contribution in [0.1, 0.15) is 24.5 Å². The van der Waals surface area contributed by atoms with Gasteiger partial charge in [-0.3, -0.25) is 15.0 Å². The van der Waals surface area contributed by atoms with Crippen LogP contribution in [0.3, 0.4) is 0 Å². The third kappa shape index (κ3) is 4.26. The Morgan fingerprint density at radius 1 is 0.941 bits per heavy atom. The van der Waals surface area contributed by atoms with Crippen molar-refractivity contribution in [1.82, 2.24) is 0 Å². The summed E-state index contributed by atoms with van der Waals surface area (Å²) in [5.74, 6) is -0.868. The smallest absolute Gasteiger partial charge is 0.261 e. The number of imide groups is 1. The van der Waals surface area contributed by atoms with Gasteiger partial charge in [0.05, 0.1) is 17.0 Å². The van der Waals surface area contributed by atoms with Crippen molar-refractivity contribution < 1.29 is 18.0 Å². The van der Waals surface area contributed by atoms with Crippen molar-refractivity contribution in [3.05, 3.63) is 89.5 Å². The SMILES string of the molecule is C/C(=C1\CC(=O)N(c2ccc(-c3ccccc3S(N)(=O)=O)cc2)C1=O)c1cccc(C(=N)N)c1. The van der Waals surface area contributed by atoms with Crippen LogP contribution in [0.4, 0.5) is 5.69 Å². The molecule has 0 unspecified atom stereocenters. The van der Waals surface area contributed by atoms with Gasteiger partial charge >= 0.3 is 0 Å². The Morgan fingerprint density at radius 2 is 1.59 bits per heavy atom. The lowest BCUT2D eigenvalue weighted by molar-refractivity contribution is -0.120. The fourth-order valence-electron chi connectivity index (χ4n) is 3.95. The highest BCUT2D eigenvalue weighted by molar-refractivity contribution is 7.89. The lowest BCUT2D eigenvalue weighted by Gasteiger charge is -2.15. The zero-order valence-corrected chi connectivity index (χ0v) is 19.1. The molecule has 0 bridgehead atoms. The van der Waals surface area contributed by atoms with Crippen LogP contribution in [0.2, 0.25) is 0 Å². The quantitative estimate of drug-likeness (QED) is 0.225. The van der Waals surface area contributed by atoms with E-state index >= 15 is 0 Å². The molecular formula is C25H22N4O4S. The largest absolute Gasteiger partial charge is 0.384 e. The number of carbonyl (C=O) groups excluding carboxylic acids is 2. The highest BCUT2D eigenvalue weighted by Crippen LogP contribution is 2.33. The molecule has 0 radical (unpaired) electrons. The van der Waals surface area contributed by atoms with Crippen molar-refractivity contribution in [3.63, 3.8) is 0 Å². The van der Waals surface area contributed by atoms with Crippen LogP contribution in [0, 0.1) is 5.41 Å². The minimum atomic E-state index is -3.92. The molecule has 0 aliphatic carbocycles. The van der Waals surface area contributed by atoms with Gasteiger partial charge in [-0.15, -0.1) is 0 Å². The Morgan fingerprint density at radius 3 is 2.24 bits per heavy atom. The Kier molecular flexibility index (Phi) is 5.90. The molecule has 3 aromatic rings. The van der Waals surface area contributed by atoms with Gasteiger partial charge in [0.15, 0.2) is 0 Å². The standard InChI is InChI=1S/C25H22N4O4S/c1-15(17-5-4-6-18(13-17)24(26)27)21-14-23(30)29(25(21)31)19-11-9-16(10-12-19)20-7-2-3-8-22(20)34(28,32)33/h2-13H,14H2,1H3,(H3,26,27)(H2,28,32,33)/b21-15-. The fraction of sp³-hybridized carbons (Fsp3) is 0.0800. The van der Waals surface area contributed by atoms with Gasteiger partial charge in [-0.25, -0.2) is 18.5 Å². The summed E-state index contributed by atoms with van der Waals surface area (Å²) in [5, 5.41) is 12.9. The molecule has 1 aliphatic rings. The van der Waals surface area contributed by atoms with Gasteiger partial charge in [-0.2, -0.15) is 0 Å². The molecule has 1 fully saturated rings. The number of nitrogens with zero attached hydrogens (tertiary/aromatic N) is 1. The average Bonchev–Trinajstić information content (AvgIpc) is 3.12. The van der Waals surface area contributed by atoms with Crippen LogP contribution in [0.5, 0.6) is 0 Å². The molecular weight excluding hydrogens is 452 g/mol. The molecule has 0 aromatic heterocycles. The van der Waals surface area contributed by atoms with Crippen molar-refractivity contribution >= 4 is 38.9 Å². The Labute approximate surface area is 197 Å². The van der Waals surface area contributed by atoms with E-state index in [0.717, 1.165) is 4.90 Å². The topological polar surface area (TPSA) is 147 Å². The van der Waals surface area contributed by atoms with Gasteiger partial charge in [0.2, 0.25) is 15.9 Å². The second-order valence-corrected chi connectivity index (χ2v) is 9.43. The lowest BCUT2D eigenvalue weighted by atomic mass is 9.98. The highest BCUT2D eigenvalue weighted by atomic mass is 32.2. The maximum Gasteiger partial charge on any atom is 0.261 e. The summed E-state index contributed by atoms with van der Waals surface area (Å²) >= 11 is 0. The summed E-state index contributed by atoms with van der Waals surface area (Å²) < 4.78 is 23.8. The molecule has 5 N–H and O–H groups in total. The zero-order chi connectivity index (χ0) is 24.6. The second-order valence-electron chi connectivity index (χ2n) is 7.90. The highest BCUT2D eigenvalue weighted by Gasteiger charge is 2.36. The van der Waals surface area contributed by atoms with E-state index in [1.807, 2.05) is 0 Å². The monoisotopic (exact) mass is 474 g/mol. The van der Waals surface area contributed by atoms with E-state index in [0.29, 0.717) is 39.1 Å².